The van der Waals surface area contributed by atoms with Crippen LogP contribution in [0.1, 0.15) is 44.9 Å². The quantitative estimate of drug-likeness (QED) is 0.765. The molecule has 0 aromatic rings. The van der Waals surface area contributed by atoms with Crippen LogP contribution in [0.15, 0.2) is 0 Å². The van der Waals surface area contributed by atoms with Crippen LogP contribution in [0, 0.1) is 0 Å². The van der Waals surface area contributed by atoms with Gasteiger partial charge in [0.2, 0.25) is 5.91 Å². The van der Waals surface area contributed by atoms with Crippen molar-refractivity contribution in [2.75, 3.05) is 19.6 Å². The summed E-state index contributed by atoms with van der Waals surface area (Å²) in [6.07, 6.45) is 9.20. The Kier molecular flexibility index (Phi) is 4.80. The molecule has 0 aromatic carbocycles. The van der Waals surface area contributed by atoms with Crippen LogP contribution >= 0.6 is 0 Å². The summed E-state index contributed by atoms with van der Waals surface area (Å²) in [6, 6.07) is 1.40. The number of primary amides is 1. The average Bonchev–Trinajstić information content (AvgIpc) is 2.32. The van der Waals surface area contributed by atoms with Gasteiger partial charge < -0.3 is 11.1 Å². The molecule has 2 aliphatic rings. The van der Waals surface area contributed by atoms with E-state index < -0.39 is 0 Å². The van der Waals surface area contributed by atoms with Crippen LogP contribution in [0.25, 0.3) is 0 Å². The van der Waals surface area contributed by atoms with E-state index in [1.165, 1.54) is 32.1 Å². The predicted molar refractivity (Wildman–Crippen MR) is 68.7 cm³/mol. The maximum absolute atomic E-state index is 10.8. The molecule has 0 spiro atoms. The maximum Gasteiger partial charge on any atom is 0.231 e. The molecule has 1 amide bonds. The minimum Gasteiger partial charge on any atom is -0.369 e. The molecule has 2 fully saturated rings. The topological polar surface area (TPSA) is 58.4 Å². The van der Waals surface area contributed by atoms with Gasteiger partial charge in [-0.3, -0.25) is 9.69 Å². The first-order valence-electron chi connectivity index (χ1n) is 7.01. The highest BCUT2D eigenvalue weighted by Gasteiger charge is 2.23. The fourth-order valence-electron chi connectivity index (χ4n) is 3.08. The van der Waals surface area contributed by atoms with E-state index in [9.17, 15) is 4.79 Å². The van der Waals surface area contributed by atoms with Gasteiger partial charge in [-0.2, -0.15) is 0 Å². The Morgan fingerprint density at radius 2 is 1.65 bits per heavy atom. The largest absolute Gasteiger partial charge is 0.369 e. The van der Waals surface area contributed by atoms with Gasteiger partial charge in [0.05, 0.1) is 6.54 Å². The molecule has 0 bridgehead atoms. The standard InChI is InChI=1S/C13H25N3O/c14-13(17)10-16-8-6-12(7-9-16)15-11-4-2-1-3-5-11/h11-12,15H,1-10H2,(H2,14,17). The number of nitrogens with one attached hydrogen (secondary N) is 1. The molecule has 1 heterocycles. The lowest BCUT2D eigenvalue weighted by Gasteiger charge is -2.35. The molecule has 3 N–H and O–H groups in total. The summed E-state index contributed by atoms with van der Waals surface area (Å²) in [6.45, 7) is 2.44. The van der Waals surface area contributed by atoms with Gasteiger partial charge in [0.25, 0.3) is 0 Å². The van der Waals surface area contributed by atoms with Gasteiger partial charge in [0.1, 0.15) is 0 Å². The normalized spacial score (nSPS) is 24.9. The number of amides is 1. The molecule has 17 heavy (non-hydrogen) atoms. The van der Waals surface area contributed by atoms with E-state index in [-0.39, 0.29) is 5.91 Å². The summed E-state index contributed by atoms with van der Waals surface area (Å²) in [5, 5.41) is 3.79. The Morgan fingerprint density at radius 3 is 2.24 bits per heavy atom. The van der Waals surface area contributed by atoms with Gasteiger partial charge in [-0.1, -0.05) is 19.3 Å². The van der Waals surface area contributed by atoms with Crippen molar-refractivity contribution in [2.24, 2.45) is 5.73 Å². The summed E-state index contributed by atoms with van der Waals surface area (Å²) in [4.78, 5) is 13.0. The Bertz CT molecular complexity index is 243. The molecule has 0 aromatic heterocycles. The van der Waals surface area contributed by atoms with Crippen molar-refractivity contribution in [2.45, 2.75) is 57.0 Å². The van der Waals surface area contributed by atoms with E-state index >= 15 is 0 Å². The number of hydrogen-bond acceptors (Lipinski definition) is 3. The average molecular weight is 239 g/mol. The Morgan fingerprint density at radius 1 is 1.06 bits per heavy atom. The summed E-state index contributed by atoms with van der Waals surface area (Å²) in [5.41, 5.74) is 5.21. The van der Waals surface area contributed by atoms with Crippen molar-refractivity contribution in [3.05, 3.63) is 0 Å². The Balaban J connectivity index is 1.66. The van der Waals surface area contributed by atoms with Crippen molar-refractivity contribution < 1.29 is 4.79 Å². The van der Waals surface area contributed by atoms with Gasteiger partial charge in [-0.15, -0.1) is 0 Å². The van der Waals surface area contributed by atoms with E-state index in [1.54, 1.807) is 0 Å². The second-order valence-electron chi connectivity index (χ2n) is 5.52. The molecule has 1 saturated heterocycles. The summed E-state index contributed by atoms with van der Waals surface area (Å²) < 4.78 is 0. The van der Waals surface area contributed by atoms with Crippen molar-refractivity contribution in [3.63, 3.8) is 0 Å². The monoisotopic (exact) mass is 239 g/mol. The van der Waals surface area contributed by atoms with E-state index in [0.29, 0.717) is 12.6 Å². The van der Waals surface area contributed by atoms with Crippen LogP contribution in [-0.4, -0.2) is 42.5 Å². The zero-order valence-electron chi connectivity index (χ0n) is 10.7. The number of piperidine rings is 1. The van der Waals surface area contributed by atoms with E-state index in [0.717, 1.165) is 32.0 Å². The zero-order valence-corrected chi connectivity index (χ0v) is 10.7. The fraction of sp³-hybridized carbons (Fsp3) is 0.923. The molecular weight excluding hydrogens is 214 g/mol. The third-order valence-electron chi connectivity index (χ3n) is 4.04. The molecule has 0 atom stereocenters. The number of carbonyl (C=O) groups excluding carboxylic acids is 1. The fourth-order valence-corrected chi connectivity index (χ4v) is 3.08. The molecule has 98 valence electrons. The second kappa shape index (κ2) is 6.36. The van der Waals surface area contributed by atoms with E-state index in [1.807, 2.05) is 0 Å². The van der Waals surface area contributed by atoms with Gasteiger partial charge in [0.15, 0.2) is 0 Å². The lowest BCUT2D eigenvalue weighted by atomic mass is 9.93. The molecule has 1 aliphatic carbocycles. The third kappa shape index (κ3) is 4.28. The predicted octanol–water partition coefficient (Wildman–Crippen LogP) is 0.858. The van der Waals surface area contributed by atoms with Crippen LogP contribution in [-0.2, 0) is 4.79 Å². The lowest BCUT2D eigenvalue weighted by Crippen LogP contribution is -2.48. The number of likely N-dealkylation sites (tertiary alicyclic amines) is 1. The van der Waals surface area contributed by atoms with Gasteiger partial charge >= 0.3 is 0 Å². The number of nitrogens with two attached hydrogens (primary N) is 1. The molecule has 2 rings (SSSR count). The SMILES string of the molecule is NC(=O)CN1CCC(NC2CCCCC2)CC1. The molecule has 0 radical (unpaired) electrons. The number of rotatable bonds is 4. The van der Waals surface area contributed by atoms with Crippen LogP contribution in [0.4, 0.5) is 0 Å². The molecule has 0 unspecified atom stereocenters. The van der Waals surface area contributed by atoms with Gasteiger partial charge in [-0.25, -0.2) is 0 Å². The molecule has 4 heteroatoms. The summed E-state index contributed by atoms with van der Waals surface area (Å²) >= 11 is 0. The van der Waals surface area contributed by atoms with E-state index in [4.69, 9.17) is 5.73 Å². The first-order valence-corrected chi connectivity index (χ1v) is 7.01. The Hall–Kier alpha value is -0.610. The van der Waals surface area contributed by atoms with Crippen molar-refractivity contribution in [1.82, 2.24) is 10.2 Å². The summed E-state index contributed by atoms with van der Waals surface area (Å²) in [7, 11) is 0. The van der Waals surface area contributed by atoms with E-state index in [2.05, 4.69) is 10.2 Å². The number of carbonyl (C=O) groups is 1. The highest BCUT2D eigenvalue weighted by atomic mass is 16.1. The minimum absolute atomic E-state index is 0.205. The highest BCUT2D eigenvalue weighted by Crippen LogP contribution is 2.20. The Labute approximate surface area is 104 Å². The van der Waals surface area contributed by atoms with Gasteiger partial charge in [0, 0.05) is 25.2 Å². The van der Waals surface area contributed by atoms with Crippen LogP contribution in [0.5, 0.6) is 0 Å². The van der Waals surface area contributed by atoms with Crippen LogP contribution in [0.3, 0.4) is 0 Å². The van der Waals surface area contributed by atoms with Crippen LogP contribution < -0.4 is 11.1 Å². The number of hydrogen-bond donors (Lipinski definition) is 2. The van der Waals surface area contributed by atoms with Crippen molar-refractivity contribution in [1.29, 1.82) is 0 Å². The molecular formula is C13H25N3O. The maximum atomic E-state index is 10.8. The van der Waals surface area contributed by atoms with Crippen molar-refractivity contribution >= 4 is 5.91 Å². The van der Waals surface area contributed by atoms with Crippen LogP contribution in [0.2, 0.25) is 0 Å². The first-order chi connectivity index (χ1) is 8.24. The molecule has 1 aliphatic heterocycles. The first kappa shape index (κ1) is 12.8. The second-order valence-corrected chi connectivity index (χ2v) is 5.52. The molecule has 4 nitrogen and oxygen atoms in total. The zero-order chi connectivity index (χ0) is 12.1. The summed E-state index contributed by atoms with van der Waals surface area (Å²) in [5.74, 6) is -0.205. The van der Waals surface area contributed by atoms with Crippen molar-refractivity contribution in [3.8, 4) is 0 Å². The molecule has 1 saturated carbocycles. The lowest BCUT2D eigenvalue weighted by molar-refractivity contribution is -0.119. The highest BCUT2D eigenvalue weighted by molar-refractivity contribution is 5.75. The van der Waals surface area contributed by atoms with Gasteiger partial charge in [-0.05, 0) is 25.7 Å². The minimum atomic E-state index is -0.205. The smallest absolute Gasteiger partial charge is 0.231 e. The third-order valence-corrected chi connectivity index (χ3v) is 4.04. The number of nitrogens with zero attached hydrogens (tertiary/aromatic N) is 1.